The molecule has 0 saturated heterocycles. The quantitative estimate of drug-likeness (QED) is 0.735. The van der Waals surface area contributed by atoms with Gasteiger partial charge in [-0.25, -0.2) is 9.18 Å². The number of carbonyl (C=O) groups is 2. The highest BCUT2D eigenvalue weighted by Crippen LogP contribution is 2.37. The number of carbonyl (C=O) groups excluding carboxylic acids is 1. The van der Waals surface area contributed by atoms with Crippen molar-refractivity contribution < 1.29 is 19.1 Å². The van der Waals surface area contributed by atoms with Gasteiger partial charge in [-0.05, 0) is 48.3 Å². The van der Waals surface area contributed by atoms with Gasteiger partial charge in [-0.3, -0.25) is 4.79 Å². The van der Waals surface area contributed by atoms with E-state index in [1.165, 1.54) is 17.8 Å². The number of hydrogen-bond acceptors (Lipinski definition) is 3. The monoisotopic (exact) mass is 390 g/mol. The highest BCUT2D eigenvalue weighted by atomic mass is 79.9. The molecule has 2 rings (SSSR count). The van der Waals surface area contributed by atoms with Gasteiger partial charge in [-0.1, -0.05) is 0 Å². The van der Waals surface area contributed by atoms with Crippen LogP contribution in [-0.2, 0) is 4.79 Å². The summed E-state index contributed by atoms with van der Waals surface area (Å²) in [6.07, 6.45) is -0.767. The number of nitrogens with one attached hydrogen (secondary N) is 2. The maximum atomic E-state index is 13.6. The highest BCUT2D eigenvalue weighted by Gasteiger charge is 2.31. The van der Waals surface area contributed by atoms with Crippen LogP contribution < -0.4 is 10.6 Å². The van der Waals surface area contributed by atoms with Crippen molar-refractivity contribution in [3.05, 3.63) is 22.4 Å². The van der Waals surface area contributed by atoms with Crippen molar-refractivity contribution in [1.82, 2.24) is 5.32 Å². The Morgan fingerprint density at radius 2 is 2.27 bits per heavy atom. The van der Waals surface area contributed by atoms with Crippen LogP contribution >= 0.6 is 27.7 Å². The van der Waals surface area contributed by atoms with Crippen LogP contribution in [0.2, 0.25) is 0 Å². The zero-order valence-corrected chi connectivity index (χ0v) is 14.5. The van der Waals surface area contributed by atoms with Crippen molar-refractivity contribution in [1.29, 1.82) is 0 Å². The molecule has 1 aromatic carbocycles. The Hall–Kier alpha value is -1.28. The van der Waals surface area contributed by atoms with Crippen LogP contribution in [-0.4, -0.2) is 28.4 Å². The zero-order chi connectivity index (χ0) is 16.5. The Morgan fingerprint density at radius 1 is 1.59 bits per heavy atom. The second-order valence-electron chi connectivity index (χ2n) is 5.78. The Bertz CT molecular complexity index is 624. The van der Waals surface area contributed by atoms with Gasteiger partial charge < -0.3 is 15.7 Å². The third-order valence-electron chi connectivity index (χ3n) is 3.29. The normalized spacial score (nSPS) is 18.2. The van der Waals surface area contributed by atoms with E-state index in [1.54, 1.807) is 19.9 Å². The minimum absolute atomic E-state index is 0.190. The maximum absolute atomic E-state index is 13.6. The molecule has 1 aliphatic rings. The number of thioether (sulfide) groups is 1. The molecule has 0 radical (unpaired) electrons. The molecule has 5 nitrogen and oxygen atoms in total. The molecule has 1 atom stereocenters. The number of carboxylic acid groups (broad SMARTS) is 1. The molecule has 1 aliphatic heterocycles. The van der Waals surface area contributed by atoms with E-state index >= 15 is 0 Å². The van der Waals surface area contributed by atoms with Gasteiger partial charge in [-0.2, -0.15) is 0 Å². The Morgan fingerprint density at radius 3 is 2.91 bits per heavy atom. The minimum Gasteiger partial charge on any atom is -0.465 e. The number of anilines is 1. The average molecular weight is 391 g/mol. The summed E-state index contributed by atoms with van der Waals surface area (Å²) in [4.78, 5) is 23.8. The van der Waals surface area contributed by atoms with E-state index in [2.05, 4.69) is 26.6 Å². The van der Waals surface area contributed by atoms with E-state index in [0.717, 1.165) is 0 Å². The van der Waals surface area contributed by atoms with E-state index in [-0.39, 0.29) is 17.6 Å². The number of rotatable bonds is 3. The molecule has 120 valence electrons. The van der Waals surface area contributed by atoms with Crippen molar-refractivity contribution >= 4 is 45.4 Å². The molecule has 0 fully saturated rings. The Balaban J connectivity index is 2.16. The van der Waals surface area contributed by atoms with E-state index in [4.69, 9.17) is 5.11 Å². The van der Waals surface area contributed by atoms with Gasteiger partial charge in [0.15, 0.2) is 0 Å². The van der Waals surface area contributed by atoms with E-state index in [9.17, 15) is 14.0 Å². The molecule has 0 bridgehead atoms. The summed E-state index contributed by atoms with van der Waals surface area (Å²) in [5.41, 5.74) is -0.161. The molecule has 8 heteroatoms. The summed E-state index contributed by atoms with van der Waals surface area (Å²) in [7, 11) is 0. The molecule has 1 heterocycles. The summed E-state index contributed by atoms with van der Waals surface area (Å²) in [5.74, 6) is -0.483. The lowest BCUT2D eigenvalue weighted by Crippen LogP contribution is -2.45. The minimum atomic E-state index is -1.12. The topological polar surface area (TPSA) is 78.4 Å². The second-order valence-corrected chi connectivity index (χ2v) is 7.69. The van der Waals surface area contributed by atoms with Gasteiger partial charge in [0.05, 0.1) is 10.2 Å². The Labute approximate surface area is 140 Å². The van der Waals surface area contributed by atoms with Crippen LogP contribution in [0.4, 0.5) is 14.9 Å². The molecule has 22 heavy (non-hydrogen) atoms. The van der Waals surface area contributed by atoms with Crippen LogP contribution in [0.25, 0.3) is 0 Å². The summed E-state index contributed by atoms with van der Waals surface area (Å²) in [6, 6.07) is 2.92. The van der Waals surface area contributed by atoms with Crippen LogP contribution in [0.5, 0.6) is 0 Å². The van der Waals surface area contributed by atoms with Gasteiger partial charge in [-0.15, -0.1) is 11.8 Å². The molecule has 1 aromatic rings. The fourth-order valence-corrected chi connectivity index (χ4v) is 3.80. The van der Waals surface area contributed by atoms with Gasteiger partial charge >= 0.3 is 6.09 Å². The lowest BCUT2D eigenvalue weighted by molar-refractivity contribution is -0.119. The first kappa shape index (κ1) is 17.1. The first-order valence-corrected chi connectivity index (χ1v) is 8.39. The number of halogens is 2. The predicted molar refractivity (Wildman–Crippen MR) is 86.8 cm³/mol. The molecule has 0 aliphatic carbocycles. The van der Waals surface area contributed by atoms with Gasteiger partial charge in [0, 0.05) is 22.1 Å². The molecule has 0 spiro atoms. The standard InChI is InChI=1S/C14H16BrFN2O3S/c1-14(2,18-13(20)21)5-7-6-22-11-4-9(16)8(15)3-10(11)17-12(7)19/h3-4,7,18H,5-6H2,1-2H3,(H,17,19)(H,20,21)/t7-/m0/s1. The smallest absolute Gasteiger partial charge is 0.405 e. The second kappa shape index (κ2) is 6.45. The lowest BCUT2D eigenvalue weighted by atomic mass is 9.91. The fraction of sp³-hybridized carbons (Fsp3) is 0.429. The van der Waals surface area contributed by atoms with Crippen LogP contribution in [0.3, 0.4) is 0 Å². The van der Waals surface area contributed by atoms with Crippen LogP contribution in [0.15, 0.2) is 21.5 Å². The molecule has 3 N–H and O–H groups in total. The molecule has 0 aromatic heterocycles. The summed E-state index contributed by atoms with van der Waals surface area (Å²) in [6.45, 7) is 3.46. The van der Waals surface area contributed by atoms with Crippen molar-refractivity contribution in [3.63, 3.8) is 0 Å². The van der Waals surface area contributed by atoms with Crippen molar-refractivity contribution in [3.8, 4) is 0 Å². The summed E-state index contributed by atoms with van der Waals surface area (Å²) >= 11 is 4.48. The highest BCUT2D eigenvalue weighted by molar-refractivity contribution is 9.10. The predicted octanol–water partition coefficient (Wildman–Crippen LogP) is 3.68. The van der Waals surface area contributed by atoms with Crippen molar-refractivity contribution in [2.45, 2.75) is 30.7 Å². The Kier molecular flexibility index (Phi) is 5.01. The van der Waals surface area contributed by atoms with Crippen LogP contribution in [0.1, 0.15) is 20.3 Å². The largest absolute Gasteiger partial charge is 0.465 e. The van der Waals surface area contributed by atoms with E-state index in [1.807, 2.05) is 0 Å². The SMILES string of the molecule is CC(C)(C[C@H]1CSc2cc(F)c(Br)cc2NC1=O)NC(=O)O. The summed E-state index contributed by atoms with van der Waals surface area (Å²) < 4.78 is 13.9. The maximum Gasteiger partial charge on any atom is 0.405 e. The first-order chi connectivity index (χ1) is 10.2. The van der Waals surface area contributed by atoms with E-state index < -0.39 is 11.6 Å². The van der Waals surface area contributed by atoms with Gasteiger partial charge in [0.2, 0.25) is 5.91 Å². The number of fused-ring (bicyclic) bond motifs is 1. The zero-order valence-electron chi connectivity index (χ0n) is 12.1. The third-order valence-corrected chi connectivity index (χ3v) is 5.12. The molecular weight excluding hydrogens is 375 g/mol. The molecule has 0 unspecified atom stereocenters. The van der Waals surface area contributed by atoms with Crippen LogP contribution in [0, 0.1) is 11.7 Å². The van der Waals surface area contributed by atoms with Crippen molar-refractivity contribution in [2.24, 2.45) is 5.92 Å². The summed E-state index contributed by atoms with van der Waals surface area (Å²) in [5, 5.41) is 14.0. The molecule has 2 amide bonds. The molecule has 0 saturated carbocycles. The van der Waals surface area contributed by atoms with Gasteiger partial charge in [0.1, 0.15) is 5.82 Å². The number of hydrogen-bond donors (Lipinski definition) is 3. The van der Waals surface area contributed by atoms with Crippen molar-refractivity contribution in [2.75, 3.05) is 11.1 Å². The average Bonchev–Trinajstić information content (AvgIpc) is 2.49. The lowest BCUT2D eigenvalue weighted by Gasteiger charge is -2.28. The third kappa shape index (κ3) is 4.13. The molecular formula is C14H16BrFN2O3S. The van der Waals surface area contributed by atoms with E-state index in [0.29, 0.717) is 27.2 Å². The first-order valence-electron chi connectivity index (χ1n) is 6.62. The number of benzene rings is 1. The fourth-order valence-electron chi connectivity index (χ4n) is 2.35. The van der Waals surface area contributed by atoms with Gasteiger partial charge in [0.25, 0.3) is 0 Å². The number of amides is 2.